The molecule has 1 amide bonds. The van der Waals surface area contributed by atoms with E-state index in [4.69, 9.17) is 9.90 Å². The van der Waals surface area contributed by atoms with Crippen LogP contribution in [0.2, 0.25) is 0 Å². The lowest BCUT2D eigenvalue weighted by molar-refractivity contribution is -0.192. The van der Waals surface area contributed by atoms with Gasteiger partial charge in [0.2, 0.25) is 0 Å². The average Bonchev–Trinajstić information content (AvgIpc) is 3.37. The number of amides is 1. The Morgan fingerprint density at radius 2 is 1.88 bits per heavy atom. The zero-order chi connectivity index (χ0) is 25.0. The number of fused-ring (bicyclic) bond motifs is 1. The average molecular weight is 490 g/mol. The van der Waals surface area contributed by atoms with Crippen molar-refractivity contribution in [2.45, 2.75) is 12.6 Å². The number of alkyl halides is 5. The van der Waals surface area contributed by atoms with Crippen LogP contribution in [-0.2, 0) is 11.8 Å². The molecule has 0 aromatic carbocycles. The fraction of sp³-hybridized carbons (Fsp3) is 0.389. The summed E-state index contributed by atoms with van der Waals surface area (Å²) in [6.07, 6.45) is -3.43. The van der Waals surface area contributed by atoms with Gasteiger partial charge in [0.1, 0.15) is 11.4 Å². The summed E-state index contributed by atoms with van der Waals surface area (Å²) in [5, 5.41) is 20.7. The Hall–Kier alpha value is -3.82. The summed E-state index contributed by atoms with van der Waals surface area (Å²) < 4.78 is 60.6. The maximum absolute atomic E-state index is 13.1. The third-order valence-corrected chi connectivity index (χ3v) is 4.59. The molecule has 4 rings (SSSR count). The second-order valence-corrected chi connectivity index (χ2v) is 7.01. The summed E-state index contributed by atoms with van der Waals surface area (Å²) in [4.78, 5) is 28.2. The molecule has 1 aliphatic heterocycles. The van der Waals surface area contributed by atoms with E-state index < -0.39 is 30.2 Å². The molecular weight excluding hydrogens is 471 g/mol. The van der Waals surface area contributed by atoms with Gasteiger partial charge in [0.15, 0.2) is 11.3 Å². The van der Waals surface area contributed by atoms with Crippen LogP contribution in [0.4, 0.5) is 33.5 Å². The maximum atomic E-state index is 13.1. The number of aryl methyl sites for hydroxylation is 1. The van der Waals surface area contributed by atoms with Crippen molar-refractivity contribution in [3.05, 3.63) is 35.9 Å². The molecule has 1 fully saturated rings. The largest absolute Gasteiger partial charge is 0.490 e. The van der Waals surface area contributed by atoms with Gasteiger partial charge in [0.25, 0.3) is 12.3 Å². The lowest BCUT2D eigenvalue weighted by Gasteiger charge is -2.28. The molecule has 16 heteroatoms. The van der Waals surface area contributed by atoms with Gasteiger partial charge in [0, 0.05) is 45.6 Å². The highest BCUT2D eigenvalue weighted by Crippen LogP contribution is 2.26. The molecule has 0 unspecified atom stereocenters. The molecule has 3 N–H and O–H groups in total. The number of piperazine rings is 1. The summed E-state index contributed by atoms with van der Waals surface area (Å²) in [7, 11) is 1.51. The van der Waals surface area contributed by atoms with Crippen molar-refractivity contribution in [3.63, 3.8) is 0 Å². The summed E-state index contributed by atoms with van der Waals surface area (Å²) in [5.74, 6) is -2.58. The van der Waals surface area contributed by atoms with Crippen molar-refractivity contribution >= 4 is 29.0 Å². The first kappa shape index (κ1) is 24.8. The zero-order valence-corrected chi connectivity index (χ0v) is 17.6. The van der Waals surface area contributed by atoms with Gasteiger partial charge in [-0.1, -0.05) is 0 Å². The SMILES string of the molecule is Cn1cc(NC(=O)c2cnn3ccc(N4CCNCC4)nc23)c(C(F)F)n1.O=C(O)C(F)(F)F. The van der Waals surface area contributed by atoms with Crippen LogP contribution in [0, 0.1) is 0 Å². The van der Waals surface area contributed by atoms with E-state index in [-0.39, 0.29) is 11.3 Å². The van der Waals surface area contributed by atoms with E-state index in [2.05, 4.69) is 30.7 Å². The van der Waals surface area contributed by atoms with Gasteiger partial charge in [-0.05, 0) is 6.07 Å². The fourth-order valence-electron chi connectivity index (χ4n) is 3.04. The molecule has 0 spiro atoms. The highest BCUT2D eigenvalue weighted by molar-refractivity contribution is 6.08. The summed E-state index contributed by atoms with van der Waals surface area (Å²) >= 11 is 0. The number of nitrogens with one attached hydrogen (secondary N) is 2. The molecular formula is C18H19F5N8O3. The normalized spacial score (nSPS) is 14.1. The third kappa shape index (κ3) is 5.75. The van der Waals surface area contributed by atoms with Gasteiger partial charge in [0.05, 0.1) is 11.9 Å². The number of carbonyl (C=O) groups is 2. The maximum Gasteiger partial charge on any atom is 0.490 e. The molecule has 11 nitrogen and oxygen atoms in total. The molecule has 184 valence electrons. The van der Waals surface area contributed by atoms with Crippen molar-refractivity contribution < 1.29 is 36.6 Å². The number of nitrogens with zero attached hydrogens (tertiary/aromatic N) is 6. The van der Waals surface area contributed by atoms with Gasteiger partial charge >= 0.3 is 12.1 Å². The number of hydrogen-bond acceptors (Lipinski definition) is 7. The van der Waals surface area contributed by atoms with Crippen LogP contribution in [0.15, 0.2) is 24.7 Å². The van der Waals surface area contributed by atoms with E-state index in [1.54, 1.807) is 6.20 Å². The van der Waals surface area contributed by atoms with E-state index in [0.717, 1.165) is 32.0 Å². The molecule has 3 aromatic heterocycles. The van der Waals surface area contributed by atoms with Crippen molar-refractivity contribution in [1.29, 1.82) is 0 Å². The quantitative estimate of drug-likeness (QED) is 0.472. The number of carboxylic acid groups (broad SMARTS) is 1. The first-order valence-corrected chi connectivity index (χ1v) is 9.70. The zero-order valence-electron chi connectivity index (χ0n) is 17.6. The molecule has 34 heavy (non-hydrogen) atoms. The van der Waals surface area contributed by atoms with Crippen molar-refractivity contribution in [1.82, 2.24) is 29.7 Å². The van der Waals surface area contributed by atoms with Crippen LogP contribution in [-0.4, -0.2) is 73.7 Å². The van der Waals surface area contributed by atoms with Crippen LogP contribution in [0.25, 0.3) is 5.65 Å². The van der Waals surface area contributed by atoms with Crippen LogP contribution in [0.1, 0.15) is 22.5 Å². The van der Waals surface area contributed by atoms with E-state index in [9.17, 15) is 26.7 Å². The molecule has 0 bridgehead atoms. The Labute approximate surface area is 188 Å². The molecule has 1 aliphatic rings. The van der Waals surface area contributed by atoms with Crippen LogP contribution in [0.5, 0.6) is 0 Å². The van der Waals surface area contributed by atoms with E-state index in [0.29, 0.717) is 5.65 Å². The lowest BCUT2D eigenvalue weighted by atomic mass is 10.3. The number of carbonyl (C=O) groups excluding carboxylic acids is 1. The van der Waals surface area contributed by atoms with Crippen molar-refractivity contribution in [2.75, 3.05) is 36.4 Å². The van der Waals surface area contributed by atoms with Crippen molar-refractivity contribution in [2.24, 2.45) is 7.05 Å². The van der Waals surface area contributed by atoms with Gasteiger partial charge in [-0.2, -0.15) is 23.4 Å². The fourth-order valence-corrected chi connectivity index (χ4v) is 3.04. The lowest BCUT2D eigenvalue weighted by Crippen LogP contribution is -2.43. The summed E-state index contributed by atoms with van der Waals surface area (Å²) in [6, 6.07) is 1.84. The Morgan fingerprint density at radius 1 is 1.24 bits per heavy atom. The molecule has 0 saturated carbocycles. The predicted molar refractivity (Wildman–Crippen MR) is 108 cm³/mol. The van der Waals surface area contributed by atoms with Crippen LogP contribution in [0.3, 0.4) is 0 Å². The number of halogens is 5. The molecule has 3 aromatic rings. The minimum atomic E-state index is -5.08. The van der Waals surface area contributed by atoms with E-state index in [1.807, 2.05) is 6.07 Å². The number of aliphatic carboxylic acids is 1. The first-order valence-electron chi connectivity index (χ1n) is 9.70. The molecule has 0 radical (unpaired) electrons. The summed E-state index contributed by atoms with van der Waals surface area (Å²) in [5.41, 5.74) is 0.0639. The Bertz CT molecular complexity index is 1170. The topological polar surface area (TPSA) is 130 Å². The Morgan fingerprint density at radius 3 is 2.47 bits per heavy atom. The second kappa shape index (κ2) is 9.98. The standard InChI is InChI=1S/C16H18F2N8O.C2HF3O2/c1-24-9-11(13(23-24)14(17)18)21-16(27)10-8-20-26-5-2-12(22-15(10)26)25-6-3-19-4-7-25;3-2(4,5)1(6)7/h2,5,8-9,14,19H,3-4,6-7H2,1H3,(H,21,27);(H,6,7). The minimum Gasteiger partial charge on any atom is -0.475 e. The Kier molecular flexibility index (Phi) is 7.29. The third-order valence-electron chi connectivity index (χ3n) is 4.59. The summed E-state index contributed by atoms with van der Waals surface area (Å²) in [6.45, 7) is 3.34. The smallest absolute Gasteiger partial charge is 0.475 e. The number of aromatic nitrogens is 5. The highest BCUT2D eigenvalue weighted by Gasteiger charge is 2.38. The number of hydrogen-bond donors (Lipinski definition) is 3. The molecule has 1 saturated heterocycles. The molecule has 0 atom stereocenters. The van der Waals surface area contributed by atoms with Gasteiger partial charge in [-0.25, -0.2) is 23.1 Å². The van der Waals surface area contributed by atoms with Crippen molar-refractivity contribution in [3.8, 4) is 0 Å². The van der Waals surface area contributed by atoms with E-state index >= 15 is 0 Å². The van der Waals surface area contributed by atoms with Gasteiger partial charge in [-0.15, -0.1) is 0 Å². The number of rotatable bonds is 4. The second-order valence-electron chi connectivity index (χ2n) is 7.01. The monoisotopic (exact) mass is 490 g/mol. The van der Waals surface area contributed by atoms with Gasteiger partial charge in [-0.3, -0.25) is 9.48 Å². The van der Waals surface area contributed by atoms with Gasteiger partial charge < -0.3 is 20.6 Å². The van der Waals surface area contributed by atoms with E-state index in [1.165, 1.54) is 28.6 Å². The molecule has 4 heterocycles. The molecule has 0 aliphatic carbocycles. The van der Waals surface area contributed by atoms with Crippen LogP contribution >= 0.6 is 0 Å². The van der Waals surface area contributed by atoms with Crippen LogP contribution < -0.4 is 15.5 Å². The number of anilines is 2. The minimum absolute atomic E-state index is 0.0323. The predicted octanol–water partition coefficient (Wildman–Crippen LogP) is 1.70. The first-order chi connectivity index (χ1) is 16.0. The Balaban J connectivity index is 0.000000406. The number of carboxylic acids is 1. The highest BCUT2D eigenvalue weighted by atomic mass is 19.4.